The molecule has 33 nitrogen and oxygen atoms in total. The summed E-state index contributed by atoms with van der Waals surface area (Å²) >= 11 is 0. The van der Waals surface area contributed by atoms with Gasteiger partial charge in [-0.05, 0) is 0 Å². The molecule has 0 spiro atoms. The fourth-order valence-corrected chi connectivity index (χ4v) is 8.80. The lowest BCUT2D eigenvalue weighted by Gasteiger charge is -2.49. The van der Waals surface area contributed by atoms with Crippen molar-refractivity contribution in [2.75, 3.05) is 46.2 Å². The van der Waals surface area contributed by atoms with E-state index in [1.54, 1.807) is 0 Å². The highest BCUT2D eigenvalue weighted by molar-refractivity contribution is 5.73. The standard InChI is InChI=1S/C40H70N2O31/c1-10(49)41-12(3-43)20(52)32(13(51)4-44)70-36-19(42-11(2)50)25(57)33(17(8-48)68-36)71-40-31(63)35(73-39-29(61)27(59)22(54)15(6-46)67-39)24(56)18(69-40)9-64-37-30(62)34(23(55)16(7-47)65-37)72-38-28(60)26(58)21(53)14(5-45)66-38/h12-40,43-48,51-63H,3-9H2,1-2H3,(H,41,49)(H,42,50)/t12-,13+,14+,15+,16+,17+,18+,19+,20+,21+,22+,23+,24+,25+,26-,27-,28-,29-,30-,31-,32+,33+,34-,35-,36?,37?,38?,39?,40?/m0/s1. The Hall–Kier alpha value is -2.22. The van der Waals surface area contributed by atoms with Gasteiger partial charge in [-0.3, -0.25) is 9.59 Å². The van der Waals surface area contributed by atoms with Crippen molar-refractivity contribution in [3.63, 3.8) is 0 Å². The summed E-state index contributed by atoms with van der Waals surface area (Å²) in [6.07, 6.45) is -53.0. The van der Waals surface area contributed by atoms with E-state index in [2.05, 4.69) is 10.6 Å². The van der Waals surface area contributed by atoms with Crippen LogP contribution >= 0.6 is 0 Å². The molecule has 0 saturated carbocycles. The quantitative estimate of drug-likeness (QED) is 0.0479. The summed E-state index contributed by atoms with van der Waals surface area (Å²) in [6, 6.07) is -3.35. The second-order valence-corrected chi connectivity index (χ2v) is 18.0. The number of aliphatic hydroxyl groups excluding tert-OH is 19. The minimum absolute atomic E-state index is 0.742. The molecule has 2 amide bonds. The maximum Gasteiger partial charge on any atom is 0.217 e. The van der Waals surface area contributed by atoms with Crippen LogP contribution in [0.5, 0.6) is 0 Å². The van der Waals surface area contributed by atoms with Gasteiger partial charge in [0.05, 0.1) is 52.3 Å². The van der Waals surface area contributed by atoms with Gasteiger partial charge in [-0.15, -0.1) is 0 Å². The van der Waals surface area contributed by atoms with Crippen molar-refractivity contribution in [2.24, 2.45) is 0 Å². The van der Waals surface area contributed by atoms with E-state index < -0.39 is 236 Å². The molecule has 5 rings (SSSR count). The topological polar surface area (TPSA) is 535 Å². The molecule has 5 heterocycles. The molecule has 5 aliphatic heterocycles. The highest BCUT2D eigenvalue weighted by Crippen LogP contribution is 2.35. The molecule has 5 saturated heterocycles. The smallest absolute Gasteiger partial charge is 0.217 e. The van der Waals surface area contributed by atoms with Crippen molar-refractivity contribution < 1.29 is 154 Å². The average molecular weight is 1070 g/mol. The van der Waals surface area contributed by atoms with E-state index in [0.29, 0.717) is 0 Å². The number of rotatable bonds is 22. The summed E-state index contributed by atoms with van der Waals surface area (Å²) in [6.45, 7) is -4.89. The SMILES string of the molecule is CC(=O)N[C@@H](CO)[C@@H](O)[C@H](OC1O[C@H](CO)[C@@H](OC2O[C@H](COC3O[C@H](CO)[C@@H](O)[C@H](OC4O[C@H](CO)[C@@H](O)[C@H](O)[C@@H]4O)[C@@H]3O)[C@@H](O)[C@H](OC3O[C@H](CO)[C@@H](O)[C@H](O)[C@@H]3O)[C@@H]2O)[C@H](O)[C@H]1NC(C)=O)[C@H](O)CO. The minimum Gasteiger partial charge on any atom is -0.394 e. The Morgan fingerprint density at radius 1 is 0.466 bits per heavy atom. The predicted molar refractivity (Wildman–Crippen MR) is 225 cm³/mol. The number of hydrogen-bond acceptors (Lipinski definition) is 31. The van der Waals surface area contributed by atoms with Crippen LogP contribution in [0.1, 0.15) is 13.8 Å². The first-order valence-electron chi connectivity index (χ1n) is 23.0. The largest absolute Gasteiger partial charge is 0.394 e. The average Bonchev–Trinajstić information content (AvgIpc) is 3.36. The van der Waals surface area contributed by atoms with Crippen LogP contribution in [-0.2, 0) is 57.0 Å². The fraction of sp³-hybridized carbons (Fsp3) is 0.950. The Morgan fingerprint density at radius 2 is 0.890 bits per heavy atom. The number of ether oxygens (including phenoxy) is 10. The van der Waals surface area contributed by atoms with E-state index in [1.807, 2.05) is 0 Å². The van der Waals surface area contributed by atoms with E-state index in [0.717, 1.165) is 13.8 Å². The maximum atomic E-state index is 12.5. The van der Waals surface area contributed by atoms with Crippen LogP contribution in [0.2, 0.25) is 0 Å². The van der Waals surface area contributed by atoms with Crippen molar-refractivity contribution in [1.82, 2.24) is 10.6 Å². The Morgan fingerprint density at radius 3 is 1.36 bits per heavy atom. The first-order valence-corrected chi connectivity index (χ1v) is 23.0. The fourth-order valence-electron chi connectivity index (χ4n) is 8.80. The third-order valence-corrected chi connectivity index (χ3v) is 12.9. The lowest BCUT2D eigenvalue weighted by atomic mass is 9.94. The molecule has 5 aliphatic rings. The van der Waals surface area contributed by atoms with Gasteiger partial charge in [-0.1, -0.05) is 0 Å². The van der Waals surface area contributed by atoms with Crippen LogP contribution in [0.4, 0.5) is 0 Å². The van der Waals surface area contributed by atoms with Gasteiger partial charge in [0.15, 0.2) is 31.5 Å². The van der Waals surface area contributed by atoms with Gasteiger partial charge in [-0.25, -0.2) is 0 Å². The second-order valence-electron chi connectivity index (χ2n) is 18.0. The van der Waals surface area contributed by atoms with Crippen LogP contribution in [0, 0.1) is 0 Å². The summed E-state index contributed by atoms with van der Waals surface area (Å²) in [5.41, 5.74) is 0. The predicted octanol–water partition coefficient (Wildman–Crippen LogP) is -14.2. The third-order valence-electron chi connectivity index (χ3n) is 12.9. The lowest BCUT2D eigenvalue weighted by molar-refractivity contribution is -0.385. The van der Waals surface area contributed by atoms with E-state index in [4.69, 9.17) is 47.4 Å². The zero-order valence-electron chi connectivity index (χ0n) is 39.1. The second kappa shape index (κ2) is 27.4. The van der Waals surface area contributed by atoms with Gasteiger partial charge < -0.3 is 155 Å². The summed E-state index contributed by atoms with van der Waals surface area (Å²) in [5.74, 6) is -1.62. The van der Waals surface area contributed by atoms with E-state index in [-0.39, 0.29) is 0 Å². The van der Waals surface area contributed by atoms with Gasteiger partial charge >= 0.3 is 0 Å². The summed E-state index contributed by atoms with van der Waals surface area (Å²) in [7, 11) is 0. The molecular formula is C40H70N2O31. The first kappa shape index (κ1) is 61.6. The molecule has 0 aliphatic carbocycles. The molecule has 0 radical (unpaired) electrons. The zero-order chi connectivity index (χ0) is 54.3. The van der Waals surface area contributed by atoms with E-state index in [9.17, 15) is 107 Å². The molecule has 0 bridgehead atoms. The molecule has 5 unspecified atom stereocenters. The number of nitrogens with one attached hydrogen (secondary N) is 2. The minimum atomic E-state index is -2.29. The third kappa shape index (κ3) is 14.1. The Bertz CT molecular complexity index is 1700. The first-order chi connectivity index (χ1) is 34.5. The van der Waals surface area contributed by atoms with E-state index in [1.165, 1.54) is 0 Å². The van der Waals surface area contributed by atoms with Crippen LogP contribution in [0.25, 0.3) is 0 Å². The van der Waals surface area contributed by atoms with Crippen LogP contribution < -0.4 is 10.6 Å². The Balaban J connectivity index is 1.44. The van der Waals surface area contributed by atoms with Crippen LogP contribution in [0.15, 0.2) is 0 Å². The van der Waals surface area contributed by atoms with Gasteiger partial charge in [0, 0.05) is 13.8 Å². The molecule has 73 heavy (non-hydrogen) atoms. The van der Waals surface area contributed by atoms with Gasteiger partial charge in [0.25, 0.3) is 0 Å². The monoisotopic (exact) mass is 1070 g/mol. The maximum absolute atomic E-state index is 12.5. The van der Waals surface area contributed by atoms with Crippen LogP contribution in [0.3, 0.4) is 0 Å². The van der Waals surface area contributed by atoms with E-state index >= 15 is 0 Å². The number of aliphatic hydroxyl groups is 19. The lowest BCUT2D eigenvalue weighted by Crippen LogP contribution is -2.69. The molecule has 29 atom stereocenters. The molecule has 5 fully saturated rings. The summed E-state index contributed by atoms with van der Waals surface area (Å²) in [5, 5.41) is 206. The summed E-state index contributed by atoms with van der Waals surface area (Å²) in [4.78, 5) is 24.3. The molecular weight excluding hydrogens is 1000 g/mol. The van der Waals surface area contributed by atoms with Crippen molar-refractivity contribution in [3.8, 4) is 0 Å². The zero-order valence-corrected chi connectivity index (χ0v) is 39.1. The van der Waals surface area contributed by atoms with Crippen molar-refractivity contribution in [2.45, 2.75) is 192 Å². The van der Waals surface area contributed by atoms with Crippen molar-refractivity contribution in [3.05, 3.63) is 0 Å². The normalized spacial score (nSPS) is 45.2. The Kier molecular flexibility index (Phi) is 23.1. The number of hydrogen-bond donors (Lipinski definition) is 21. The molecule has 0 aromatic heterocycles. The highest BCUT2D eigenvalue weighted by atomic mass is 16.8. The molecule has 0 aromatic rings. The van der Waals surface area contributed by atoms with Gasteiger partial charge in [0.1, 0.15) is 140 Å². The van der Waals surface area contributed by atoms with Crippen molar-refractivity contribution >= 4 is 11.8 Å². The van der Waals surface area contributed by atoms with Crippen LogP contribution in [-0.4, -0.2) is 333 Å². The molecule has 21 N–H and O–H groups in total. The number of carbonyl (C=O) groups excluding carboxylic acids is 2. The highest BCUT2D eigenvalue weighted by Gasteiger charge is 2.56. The summed E-state index contributed by atoms with van der Waals surface area (Å²) < 4.78 is 56.8. The molecule has 33 heteroatoms. The van der Waals surface area contributed by atoms with Gasteiger partial charge in [-0.2, -0.15) is 0 Å². The van der Waals surface area contributed by atoms with Gasteiger partial charge in [0.2, 0.25) is 11.8 Å². The molecule has 0 aromatic carbocycles. The number of amides is 2. The number of carbonyl (C=O) groups is 2. The Labute approximate surface area is 414 Å². The molecule has 426 valence electrons. The van der Waals surface area contributed by atoms with Crippen molar-refractivity contribution in [1.29, 1.82) is 0 Å².